The third kappa shape index (κ3) is 5.79. The molecule has 6 nitrogen and oxygen atoms in total. The van der Waals surface area contributed by atoms with Gasteiger partial charge in [-0.05, 0) is 67.6 Å². The first kappa shape index (κ1) is 22.6. The summed E-state index contributed by atoms with van der Waals surface area (Å²) in [4.78, 5) is 13.0. The standard InChI is InChI=1S/C24H23F3N4O2/c25-24(26,27)18-2-1-3-19(15-18)28-22-9-8-21(29-30-22)17-4-6-20(7-5-17)31-12-10-16(11-13-31)14-23(32)33/h1-9,15-16H,10-14H2,(H,28,30)(H,32,33)/p-1. The van der Waals surface area contributed by atoms with Crippen molar-refractivity contribution >= 4 is 23.2 Å². The van der Waals surface area contributed by atoms with Gasteiger partial charge in [-0.3, -0.25) is 0 Å². The molecular formula is C24H22F3N4O2-. The SMILES string of the molecule is O=C([O-])CC1CCN(c2ccc(-c3ccc(Nc4cccc(C(F)(F)F)c4)nn3)cc2)CC1. The van der Waals surface area contributed by atoms with E-state index in [1.165, 1.54) is 12.1 Å². The predicted octanol–water partition coefficient (Wildman–Crippen LogP) is 4.26. The molecule has 9 heteroatoms. The van der Waals surface area contributed by atoms with Crippen molar-refractivity contribution in [1.29, 1.82) is 0 Å². The van der Waals surface area contributed by atoms with Gasteiger partial charge in [-0.25, -0.2) is 0 Å². The molecule has 4 rings (SSSR count). The Labute approximate surface area is 189 Å². The van der Waals surface area contributed by atoms with Crippen molar-refractivity contribution in [2.24, 2.45) is 5.92 Å². The van der Waals surface area contributed by atoms with Crippen molar-refractivity contribution in [1.82, 2.24) is 10.2 Å². The molecule has 1 aliphatic heterocycles. The highest BCUT2D eigenvalue weighted by atomic mass is 19.4. The van der Waals surface area contributed by atoms with Gasteiger partial charge in [0, 0.05) is 36.0 Å². The fourth-order valence-corrected chi connectivity index (χ4v) is 3.95. The Kier molecular flexibility index (Phi) is 6.48. The van der Waals surface area contributed by atoms with E-state index in [1.54, 1.807) is 12.1 Å². The van der Waals surface area contributed by atoms with E-state index in [4.69, 9.17) is 0 Å². The van der Waals surface area contributed by atoms with Crippen LogP contribution in [0.15, 0.2) is 60.7 Å². The fraction of sp³-hybridized carbons (Fsp3) is 0.292. The highest BCUT2D eigenvalue weighted by Gasteiger charge is 2.30. The summed E-state index contributed by atoms with van der Waals surface area (Å²) in [5.74, 6) is -0.479. The number of benzene rings is 2. The minimum absolute atomic E-state index is 0.115. The van der Waals surface area contributed by atoms with Crippen LogP contribution < -0.4 is 15.3 Å². The summed E-state index contributed by atoms with van der Waals surface area (Å²) in [6.45, 7) is 1.60. The van der Waals surface area contributed by atoms with Crippen LogP contribution in [0.3, 0.4) is 0 Å². The van der Waals surface area contributed by atoms with E-state index >= 15 is 0 Å². The number of piperidine rings is 1. The Morgan fingerprint density at radius 1 is 1.03 bits per heavy atom. The fourth-order valence-electron chi connectivity index (χ4n) is 3.95. The largest absolute Gasteiger partial charge is 0.550 e. The molecule has 0 saturated carbocycles. The van der Waals surface area contributed by atoms with Crippen LogP contribution in [0.5, 0.6) is 0 Å². The average Bonchev–Trinajstić information content (AvgIpc) is 2.80. The zero-order valence-corrected chi connectivity index (χ0v) is 17.7. The van der Waals surface area contributed by atoms with Gasteiger partial charge in [0.1, 0.15) is 0 Å². The van der Waals surface area contributed by atoms with Crippen LogP contribution in [0.2, 0.25) is 0 Å². The molecule has 0 atom stereocenters. The summed E-state index contributed by atoms with van der Waals surface area (Å²) in [5, 5.41) is 21.9. The second-order valence-corrected chi connectivity index (χ2v) is 8.06. The number of nitrogens with one attached hydrogen (secondary N) is 1. The second-order valence-electron chi connectivity index (χ2n) is 8.06. The molecule has 1 saturated heterocycles. The molecule has 1 fully saturated rings. The van der Waals surface area contributed by atoms with E-state index in [-0.39, 0.29) is 18.0 Å². The van der Waals surface area contributed by atoms with Crippen LogP contribution >= 0.6 is 0 Å². The highest BCUT2D eigenvalue weighted by Crippen LogP contribution is 2.31. The first-order valence-electron chi connectivity index (χ1n) is 10.6. The molecule has 3 aromatic rings. The number of carbonyl (C=O) groups excluding carboxylic acids is 1. The van der Waals surface area contributed by atoms with E-state index in [2.05, 4.69) is 20.4 Å². The summed E-state index contributed by atoms with van der Waals surface area (Å²) in [5.41, 5.74) is 2.11. The zero-order chi connectivity index (χ0) is 23.4. The number of anilines is 3. The van der Waals surface area contributed by atoms with Gasteiger partial charge < -0.3 is 20.1 Å². The first-order chi connectivity index (χ1) is 15.8. The third-order valence-corrected chi connectivity index (χ3v) is 5.72. The second kappa shape index (κ2) is 9.48. The zero-order valence-electron chi connectivity index (χ0n) is 17.7. The van der Waals surface area contributed by atoms with Crippen molar-refractivity contribution in [3.05, 3.63) is 66.2 Å². The molecule has 1 aromatic heterocycles. The van der Waals surface area contributed by atoms with Crippen molar-refractivity contribution in [2.75, 3.05) is 23.3 Å². The molecule has 0 bridgehead atoms. The minimum atomic E-state index is -4.41. The van der Waals surface area contributed by atoms with Gasteiger partial charge in [0.15, 0.2) is 5.82 Å². The lowest BCUT2D eigenvalue weighted by atomic mass is 9.93. The lowest BCUT2D eigenvalue weighted by Crippen LogP contribution is -2.36. The van der Waals surface area contributed by atoms with Gasteiger partial charge in [-0.1, -0.05) is 18.2 Å². The monoisotopic (exact) mass is 455 g/mol. The Bertz CT molecular complexity index is 1090. The van der Waals surface area contributed by atoms with Crippen LogP contribution in [0.1, 0.15) is 24.8 Å². The molecule has 0 aliphatic carbocycles. The van der Waals surface area contributed by atoms with Gasteiger partial charge >= 0.3 is 6.18 Å². The molecule has 172 valence electrons. The van der Waals surface area contributed by atoms with Gasteiger partial charge in [-0.15, -0.1) is 10.2 Å². The van der Waals surface area contributed by atoms with Crippen molar-refractivity contribution in [3.63, 3.8) is 0 Å². The molecular weight excluding hydrogens is 433 g/mol. The summed E-state index contributed by atoms with van der Waals surface area (Å²) < 4.78 is 38.6. The molecule has 0 unspecified atom stereocenters. The molecule has 0 radical (unpaired) electrons. The number of hydrogen-bond donors (Lipinski definition) is 1. The van der Waals surface area contributed by atoms with Crippen molar-refractivity contribution in [3.8, 4) is 11.3 Å². The number of halogens is 3. The normalized spacial score (nSPS) is 14.8. The maximum atomic E-state index is 12.9. The number of hydrogen-bond acceptors (Lipinski definition) is 6. The maximum absolute atomic E-state index is 12.9. The minimum Gasteiger partial charge on any atom is -0.550 e. The van der Waals surface area contributed by atoms with Crippen LogP contribution in [0.25, 0.3) is 11.3 Å². The van der Waals surface area contributed by atoms with E-state index in [9.17, 15) is 23.1 Å². The Morgan fingerprint density at radius 3 is 2.36 bits per heavy atom. The summed E-state index contributed by atoms with van der Waals surface area (Å²) in [6.07, 6.45) is -2.65. The summed E-state index contributed by atoms with van der Waals surface area (Å²) >= 11 is 0. The quantitative estimate of drug-likeness (QED) is 0.598. The number of carboxylic acids is 1. The number of aromatic nitrogens is 2. The number of aliphatic carboxylic acids is 1. The Morgan fingerprint density at radius 2 is 1.76 bits per heavy atom. The summed E-state index contributed by atoms with van der Waals surface area (Å²) in [6, 6.07) is 16.2. The lowest BCUT2D eigenvalue weighted by molar-refractivity contribution is -0.306. The number of alkyl halides is 3. The predicted molar refractivity (Wildman–Crippen MR) is 117 cm³/mol. The molecule has 33 heavy (non-hydrogen) atoms. The van der Waals surface area contributed by atoms with Crippen molar-refractivity contribution in [2.45, 2.75) is 25.4 Å². The van der Waals surface area contributed by atoms with E-state index in [1.807, 2.05) is 24.3 Å². The van der Waals surface area contributed by atoms with E-state index in [0.717, 1.165) is 49.3 Å². The maximum Gasteiger partial charge on any atom is 0.416 e. The highest BCUT2D eigenvalue weighted by molar-refractivity contribution is 5.66. The molecule has 1 N–H and O–H groups in total. The number of carboxylic acid groups (broad SMARTS) is 1. The molecule has 0 spiro atoms. The molecule has 0 amide bonds. The Hall–Kier alpha value is -3.62. The van der Waals surface area contributed by atoms with Gasteiger partial charge in [0.05, 0.1) is 11.3 Å². The van der Waals surface area contributed by atoms with Crippen LogP contribution in [-0.4, -0.2) is 29.3 Å². The first-order valence-corrected chi connectivity index (χ1v) is 10.6. The van der Waals surface area contributed by atoms with Crippen LogP contribution in [0, 0.1) is 5.92 Å². The van der Waals surface area contributed by atoms with E-state index < -0.39 is 17.7 Å². The number of rotatable bonds is 6. The Balaban J connectivity index is 1.38. The summed E-state index contributed by atoms with van der Waals surface area (Å²) in [7, 11) is 0. The number of carbonyl (C=O) groups is 1. The average molecular weight is 455 g/mol. The van der Waals surface area contributed by atoms with Gasteiger partial charge in [0.25, 0.3) is 0 Å². The van der Waals surface area contributed by atoms with E-state index in [0.29, 0.717) is 11.5 Å². The number of nitrogens with zero attached hydrogens (tertiary/aromatic N) is 3. The van der Waals surface area contributed by atoms with Crippen LogP contribution in [-0.2, 0) is 11.0 Å². The van der Waals surface area contributed by atoms with Gasteiger partial charge in [-0.2, -0.15) is 13.2 Å². The van der Waals surface area contributed by atoms with Crippen molar-refractivity contribution < 1.29 is 23.1 Å². The topological polar surface area (TPSA) is 81.2 Å². The third-order valence-electron chi connectivity index (χ3n) is 5.72. The molecule has 2 heterocycles. The lowest BCUT2D eigenvalue weighted by Gasteiger charge is -2.33. The molecule has 1 aliphatic rings. The molecule has 2 aromatic carbocycles. The van der Waals surface area contributed by atoms with Gasteiger partial charge in [0.2, 0.25) is 0 Å². The van der Waals surface area contributed by atoms with Crippen LogP contribution in [0.4, 0.5) is 30.4 Å². The smallest absolute Gasteiger partial charge is 0.416 e.